The number of amides is 1. The fourth-order valence-corrected chi connectivity index (χ4v) is 5.12. The zero-order chi connectivity index (χ0) is 10.2. The van der Waals surface area contributed by atoms with Crippen LogP contribution in [0.4, 0.5) is 0 Å². The first-order valence-electron chi connectivity index (χ1n) is 4.01. The zero-order valence-corrected chi connectivity index (χ0v) is 8.77. The maximum atomic E-state index is 11.2. The SMILES string of the molecule is O=CNNC1=N[C@@H]2CS(=O)(=O)C[C@@H]2S1. The van der Waals surface area contributed by atoms with Gasteiger partial charge in [0, 0.05) is 5.25 Å². The number of rotatable bonds is 2. The summed E-state index contributed by atoms with van der Waals surface area (Å²) in [5.74, 6) is 0.301. The highest BCUT2D eigenvalue weighted by Crippen LogP contribution is 2.32. The Morgan fingerprint density at radius 1 is 1.50 bits per heavy atom. The maximum absolute atomic E-state index is 11.2. The van der Waals surface area contributed by atoms with Crippen LogP contribution >= 0.6 is 11.8 Å². The number of fused-ring (bicyclic) bond motifs is 1. The zero-order valence-electron chi connectivity index (χ0n) is 7.13. The molecule has 2 rings (SSSR count). The molecule has 2 heterocycles. The lowest BCUT2D eigenvalue weighted by atomic mass is 10.3. The van der Waals surface area contributed by atoms with Crippen LogP contribution in [0.15, 0.2) is 4.99 Å². The van der Waals surface area contributed by atoms with E-state index in [1.54, 1.807) is 0 Å². The Bertz CT molecular complexity index is 378. The van der Waals surface area contributed by atoms with E-state index >= 15 is 0 Å². The minimum atomic E-state index is -2.90. The van der Waals surface area contributed by atoms with Gasteiger partial charge in [-0.1, -0.05) is 11.8 Å². The van der Waals surface area contributed by atoms with Gasteiger partial charge in [0.25, 0.3) is 0 Å². The minimum absolute atomic E-state index is 0.0101. The summed E-state index contributed by atoms with van der Waals surface area (Å²) in [5.41, 5.74) is 4.86. The normalized spacial score (nSPS) is 33.3. The molecule has 2 N–H and O–H groups in total. The van der Waals surface area contributed by atoms with Crippen molar-refractivity contribution >= 4 is 33.2 Å². The fourth-order valence-electron chi connectivity index (χ4n) is 1.51. The lowest BCUT2D eigenvalue weighted by molar-refractivity contribution is -0.110. The van der Waals surface area contributed by atoms with Crippen LogP contribution in [0.2, 0.25) is 0 Å². The van der Waals surface area contributed by atoms with Gasteiger partial charge in [-0.2, -0.15) is 0 Å². The van der Waals surface area contributed by atoms with Crippen molar-refractivity contribution in [3.63, 3.8) is 0 Å². The second kappa shape index (κ2) is 3.43. The first kappa shape index (κ1) is 9.78. The van der Waals surface area contributed by atoms with Crippen LogP contribution in [0, 0.1) is 0 Å². The van der Waals surface area contributed by atoms with Gasteiger partial charge in [0.2, 0.25) is 6.41 Å². The molecule has 0 spiro atoms. The van der Waals surface area contributed by atoms with E-state index in [-0.39, 0.29) is 22.8 Å². The molecule has 0 aromatic heterocycles. The molecule has 78 valence electrons. The average molecular weight is 235 g/mol. The number of amidine groups is 1. The predicted octanol–water partition coefficient (Wildman–Crippen LogP) is -1.49. The molecule has 6 nitrogen and oxygen atoms in total. The molecule has 1 saturated heterocycles. The Hall–Kier alpha value is -0.760. The van der Waals surface area contributed by atoms with Gasteiger partial charge in [-0.25, -0.2) is 8.42 Å². The molecule has 0 radical (unpaired) electrons. The third-order valence-corrected chi connectivity index (χ3v) is 5.20. The van der Waals surface area contributed by atoms with Gasteiger partial charge in [0.05, 0.1) is 17.5 Å². The van der Waals surface area contributed by atoms with Crippen LogP contribution in [0.1, 0.15) is 0 Å². The van der Waals surface area contributed by atoms with Gasteiger partial charge in [-0.3, -0.25) is 20.6 Å². The molecule has 0 aromatic rings. The van der Waals surface area contributed by atoms with E-state index in [0.29, 0.717) is 11.6 Å². The molecular formula is C6H9N3O3S2. The molecule has 14 heavy (non-hydrogen) atoms. The molecule has 1 fully saturated rings. The third-order valence-electron chi connectivity index (χ3n) is 2.06. The van der Waals surface area contributed by atoms with Gasteiger partial charge < -0.3 is 0 Å². The molecule has 8 heteroatoms. The Morgan fingerprint density at radius 2 is 2.29 bits per heavy atom. The van der Waals surface area contributed by atoms with Gasteiger partial charge in [0.1, 0.15) is 0 Å². The summed E-state index contributed by atoms with van der Waals surface area (Å²) >= 11 is 1.36. The van der Waals surface area contributed by atoms with Crippen molar-refractivity contribution in [1.29, 1.82) is 0 Å². The van der Waals surface area contributed by atoms with Crippen LogP contribution in [0.5, 0.6) is 0 Å². The van der Waals surface area contributed by atoms with Crippen molar-refractivity contribution in [2.75, 3.05) is 11.5 Å². The number of thioether (sulfide) groups is 1. The molecule has 0 bridgehead atoms. The van der Waals surface area contributed by atoms with Gasteiger partial charge in [-0.15, -0.1) is 0 Å². The summed E-state index contributed by atoms with van der Waals surface area (Å²) in [5, 5.41) is 0.595. The van der Waals surface area contributed by atoms with Crippen molar-refractivity contribution in [3.05, 3.63) is 0 Å². The predicted molar refractivity (Wildman–Crippen MR) is 53.6 cm³/mol. The number of hydrazine groups is 1. The molecule has 0 aliphatic carbocycles. The number of nitrogens with zero attached hydrogens (tertiary/aromatic N) is 1. The van der Waals surface area contributed by atoms with Crippen molar-refractivity contribution < 1.29 is 13.2 Å². The van der Waals surface area contributed by atoms with Gasteiger partial charge in [0.15, 0.2) is 15.0 Å². The summed E-state index contributed by atoms with van der Waals surface area (Å²) in [6, 6.07) is -0.152. The number of carbonyl (C=O) groups excluding carboxylic acids is 1. The van der Waals surface area contributed by atoms with Crippen LogP contribution in [0.25, 0.3) is 0 Å². The highest BCUT2D eigenvalue weighted by molar-refractivity contribution is 8.15. The topological polar surface area (TPSA) is 87.6 Å². The number of hydrogen-bond donors (Lipinski definition) is 2. The van der Waals surface area contributed by atoms with E-state index in [0.717, 1.165) is 0 Å². The Morgan fingerprint density at radius 3 is 2.93 bits per heavy atom. The van der Waals surface area contributed by atoms with Crippen molar-refractivity contribution in [2.45, 2.75) is 11.3 Å². The molecule has 1 amide bonds. The van der Waals surface area contributed by atoms with Crippen molar-refractivity contribution in [2.24, 2.45) is 4.99 Å². The second-order valence-corrected chi connectivity index (χ2v) is 6.50. The molecule has 0 saturated carbocycles. The van der Waals surface area contributed by atoms with E-state index in [1.165, 1.54) is 11.8 Å². The first-order valence-corrected chi connectivity index (χ1v) is 6.71. The summed E-state index contributed by atoms with van der Waals surface area (Å²) in [6.45, 7) is 0. The first-order chi connectivity index (χ1) is 6.61. The van der Waals surface area contributed by atoms with E-state index in [2.05, 4.69) is 15.8 Å². The molecule has 2 atom stereocenters. The fraction of sp³-hybridized carbons (Fsp3) is 0.667. The Labute approximate surface area is 85.4 Å². The summed E-state index contributed by atoms with van der Waals surface area (Å²) in [7, 11) is -2.90. The van der Waals surface area contributed by atoms with E-state index < -0.39 is 9.84 Å². The van der Waals surface area contributed by atoms with Gasteiger partial charge in [-0.05, 0) is 0 Å². The highest BCUT2D eigenvalue weighted by atomic mass is 32.2. The molecule has 2 aliphatic heterocycles. The lowest BCUT2D eigenvalue weighted by Gasteiger charge is -2.03. The average Bonchev–Trinajstić information content (AvgIpc) is 2.53. The van der Waals surface area contributed by atoms with Crippen molar-refractivity contribution in [1.82, 2.24) is 10.9 Å². The summed E-state index contributed by atoms with van der Waals surface area (Å²) in [6.07, 6.45) is 0.508. The lowest BCUT2D eigenvalue weighted by Crippen LogP contribution is -2.34. The standard InChI is InChI=1S/C6H9N3O3S2/c10-3-7-9-6-8-4-1-14(11,12)2-5(4)13-6/h3-5H,1-2H2,(H,7,10)(H,8,9)/t4-,5+/m1/s1. The van der Waals surface area contributed by atoms with Crippen LogP contribution in [0.3, 0.4) is 0 Å². The van der Waals surface area contributed by atoms with Crippen LogP contribution in [-0.4, -0.2) is 42.8 Å². The highest BCUT2D eigenvalue weighted by Gasteiger charge is 2.42. The number of nitrogens with one attached hydrogen (secondary N) is 2. The summed E-state index contributed by atoms with van der Waals surface area (Å²) in [4.78, 5) is 14.1. The Kier molecular flexibility index (Phi) is 2.40. The van der Waals surface area contributed by atoms with Crippen molar-refractivity contribution in [3.8, 4) is 0 Å². The van der Waals surface area contributed by atoms with E-state index in [1.807, 2.05) is 0 Å². The van der Waals surface area contributed by atoms with Crippen LogP contribution < -0.4 is 10.9 Å². The Balaban J connectivity index is 2.01. The third kappa shape index (κ3) is 1.85. The number of hydrogen-bond acceptors (Lipinski definition) is 6. The minimum Gasteiger partial charge on any atom is -0.277 e. The van der Waals surface area contributed by atoms with E-state index in [4.69, 9.17) is 0 Å². The van der Waals surface area contributed by atoms with E-state index in [9.17, 15) is 13.2 Å². The van der Waals surface area contributed by atoms with Crippen LogP contribution in [-0.2, 0) is 14.6 Å². The number of sulfone groups is 1. The smallest absolute Gasteiger partial charge is 0.225 e. The number of carbonyl (C=O) groups is 1. The summed E-state index contributed by atoms with van der Waals surface area (Å²) < 4.78 is 22.4. The second-order valence-electron chi connectivity index (χ2n) is 3.12. The number of aliphatic imine (C=N–C) groups is 1. The molecule has 0 unspecified atom stereocenters. The quantitative estimate of drug-likeness (QED) is 0.449. The largest absolute Gasteiger partial charge is 0.277 e. The maximum Gasteiger partial charge on any atom is 0.225 e. The van der Waals surface area contributed by atoms with Gasteiger partial charge >= 0.3 is 0 Å². The monoisotopic (exact) mass is 235 g/mol. The molecule has 0 aromatic carbocycles. The molecular weight excluding hydrogens is 226 g/mol. The molecule has 2 aliphatic rings.